The molecule has 2 N–H and O–H groups in total. The van der Waals surface area contributed by atoms with Gasteiger partial charge in [0.15, 0.2) is 0 Å². The first-order valence-corrected chi connectivity index (χ1v) is 7.00. The molecule has 1 aliphatic rings. The summed E-state index contributed by atoms with van der Waals surface area (Å²) in [6.45, 7) is 0.392. The lowest BCUT2D eigenvalue weighted by atomic mass is 9.88. The number of nitrogens with two attached hydrogens (primary N) is 1. The zero-order valence-corrected chi connectivity index (χ0v) is 11.9. The van der Waals surface area contributed by atoms with Crippen molar-refractivity contribution in [3.8, 4) is 0 Å². The van der Waals surface area contributed by atoms with E-state index < -0.39 is 6.04 Å². The molecule has 1 amide bonds. The first-order valence-electron chi connectivity index (χ1n) is 6.63. The topological polar surface area (TPSA) is 46.3 Å². The fourth-order valence-electron chi connectivity index (χ4n) is 2.61. The number of benzene rings is 2. The monoisotopic (exact) mass is 304 g/mol. The highest BCUT2D eigenvalue weighted by Gasteiger charge is 2.46. The average Bonchev–Trinajstić information content (AvgIpc) is 2.50. The Bertz CT molecular complexity index is 674. The smallest absolute Gasteiger partial charge is 0.242 e. The Balaban J connectivity index is 1.85. The molecule has 0 spiro atoms. The molecule has 3 nitrogen and oxygen atoms in total. The van der Waals surface area contributed by atoms with E-state index in [0.717, 1.165) is 11.1 Å². The van der Waals surface area contributed by atoms with E-state index in [1.54, 1.807) is 23.1 Å². The fourth-order valence-corrected chi connectivity index (χ4v) is 2.86. The Morgan fingerprint density at radius 3 is 2.48 bits per heavy atom. The van der Waals surface area contributed by atoms with Crippen LogP contribution in [0.1, 0.15) is 17.2 Å². The van der Waals surface area contributed by atoms with Gasteiger partial charge in [-0.05, 0) is 29.3 Å². The van der Waals surface area contributed by atoms with E-state index in [-0.39, 0.29) is 17.8 Å². The van der Waals surface area contributed by atoms with Crippen molar-refractivity contribution in [2.45, 2.75) is 18.6 Å². The quantitative estimate of drug-likeness (QED) is 0.886. The number of halogens is 2. The van der Waals surface area contributed by atoms with Crippen LogP contribution in [0.25, 0.3) is 0 Å². The highest BCUT2D eigenvalue weighted by molar-refractivity contribution is 6.31. The molecule has 1 aliphatic heterocycles. The Morgan fingerprint density at radius 1 is 1.14 bits per heavy atom. The molecule has 1 heterocycles. The number of hydrogen-bond donors (Lipinski definition) is 1. The van der Waals surface area contributed by atoms with Crippen LogP contribution in [-0.2, 0) is 11.3 Å². The van der Waals surface area contributed by atoms with E-state index in [9.17, 15) is 9.18 Å². The second-order valence-electron chi connectivity index (χ2n) is 5.08. The van der Waals surface area contributed by atoms with Crippen molar-refractivity contribution in [3.63, 3.8) is 0 Å². The van der Waals surface area contributed by atoms with Crippen LogP contribution in [0, 0.1) is 5.82 Å². The molecule has 21 heavy (non-hydrogen) atoms. The molecule has 3 rings (SSSR count). The number of carbonyl (C=O) groups is 1. The summed E-state index contributed by atoms with van der Waals surface area (Å²) < 4.78 is 12.9. The first-order chi connectivity index (χ1) is 10.1. The van der Waals surface area contributed by atoms with Crippen LogP contribution in [0.2, 0.25) is 5.02 Å². The second kappa shape index (κ2) is 5.47. The zero-order valence-electron chi connectivity index (χ0n) is 11.2. The van der Waals surface area contributed by atoms with Crippen molar-refractivity contribution >= 4 is 17.5 Å². The molecule has 1 saturated heterocycles. The molecule has 1 fully saturated rings. The normalized spacial score (nSPS) is 21.3. The molecular weight excluding hydrogens is 291 g/mol. The van der Waals surface area contributed by atoms with E-state index in [4.69, 9.17) is 17.3 Å². The Morgan fingerprint density at radius 2 is 1.81 bits per heavy atom. The summed E-state index contributed by atoms with van der Waals surface area (Å²) in [7, 11) is 0. The van der Waals surface area contributed by atoms with Gasteiger partial charge in [0.05, 0.1) is 6.04 Å². The molecule has 5 heteroatoms. The van der Waals surface area contributed by atoms with E-state index >= 15 is 0 Å². The minimum Gasteiger partial charge on any atom is -0.328 e. The summed E-state index contributed by atoms with van der Waals surface area (Å²) in [6.07, 6.45) is 0. The summed E-state index contributed by atoms with van der Waals surface area (Å²) in [4.78, 5) is 13.7. The Kier molecular flexibility index (Phi) is 3.66. The van der Waals surface area contributed by atoms with E-state index in [1.807, 2.05) is 18.2 Å². The highest BCUT2D eigenvalue weighted by Crippen LogP contribution is 2.38. The fraction of sp³-hybridized carbons (Fsp3) is 0.188. The van der Waals surface area contributed by atoms with Crippen LogP contribution in [0.5, 0.6) is 0 Å². The maximum absolute atomic E-state index is 12.9. The number of carbonyl (C=O) groups excluding carboxylic acids is 1. The lowest BCUT2D eigenvalue weighted by Gasteiger charge is -2.46. The van der Waals surface area contributed by atoms with Gasteiger partial charge in [0, 0.05) is 11.6 Å². The molecule has 2 aromatic rings. The van der Waals surface area contributed by atoms with Crippen LogP contribution < -0.4 is 5.73 Å². The molecule has 0 aromatic heterocycles. The van der Waals surface area contributed by atoms with Gasteiger partial charge in [-0.1, -0.05) is 41.9 Å². The number of likely N-dealkylation sites (tertiary alicyclic amines) is 1. The highest BCUT2D eigenvalue weighted by atomic mass is 35.5. The van der Waals surface area contributed by atoms with Crippen molar-refractivity contribution in [2.24, 2.45) is 5.73 Å². The standard InChI is InChI=1S/C16H14ClFN2O/c17-13-4-2-1-3-12(13)15-14(19)16(21)20(15)9-10-5-7-11(18)8-6-10/h1-8,14-15H,9,19H2/t14-,15+/m0/s1. The van der Waals surface area contributed by atoms with E-state index in [1.165, 1.54) is 12.1 Å². The van der Waals surface area contributed by atoms with Gasteiger partial charge in [0.25, 0.3) is 0 Å². The maximum atomic E-state index is 12.9. The van der Waals surface area contributed by atoms with Gasteiger partial charge in [0.2, 0.25) is 5.91 Å². The van der Waals surface area contributed by atoms with Crippen LogP contribution >= 0.6 is 11.6 Å². The minimum atomic E-state index is -0.578. The molecule has 108 valence electrons. The Labute approximate surface area is 127 Å². The Hall–Kier alpha value is -1.91. The second-order valence-corrected chi connectivity index (χ2v) is 5.49. The summed E-state index contributed by atoms with van der Waals surface area (Å²) in [5.41, 5.74) is 7.62. The zero-order chi connectivity index (χ0) is 15.0. The van der Waals surface area contributed by atoms with Crippen molar-refractivity contribution in [1.29, 1.82) is 0 Å². The summed E-state index contributed by atoms with van der Waals surface area (Å²) >= 11 is 6.19. The van der Waals surface area contributed by atoms with Gasteiger partial charge < -0.3 is 10.6 Å². The summed E-state index contributed by atoms with van der Waals surface area (Å²) in [5, 5.41) is 0.592. The third kappa shape index (κ3) is 2.52. The molecule has 2 aromatic carbocycles. The van der Waals surface area contributed by atoms with Crippen LogP contribution in [-0.4, -0.2) is 16.8 Å². The van der Waals surface area contributed by atoms with E-state index in [0.29, 0.717) is 11.6 Å². The predicted octanol–water partition coefficient (Wildman–Crippen LogP) is 2.89. The van der Waals surface area contributed by atoms with Crippen LogP contribution in [0.4, 0.5) is 4.39 Å². The molecule has 0 radical (unpaired) electrons. The van der Waals surface area contributed by atoms with Gasteiger partial charge in [0.1, 0.15) is 11.9 Å². The van der Waals surface area contributed by atoms with Crippen molar-refractivity contribution in [2.75, 3.05) is 0 Å². The number of amides is 1. The van der Waals surface area contributed by atoms with Gasteiger partial charge in [-0.25, -0.2) is 4.39 Å². The summed E-state index contributed by atoms with van der Waals surface area (Å²) in [6, 6.07) is 12.6. The lowest BCUT2D eigenvalue weighted by molar-refractivity contribution is -0.150. The first kappa shape index (κ1) is 14.0. The van der Waals surface area contributed by atoms with Crippen molar-refractivity contribution in [3.05, 3.63) is 70.5 Å². The molecule has 0 aliphatic carbocycles. The van der Waals surface area contributed by atoms with Crippen molar-refractivity contribution < 1.29 is 9.18 Å². The number of hydrogen-bond acceptors (Lipinski definition) is 2. The van der Waals surface area contributed by atoms with Gasteiger partial charge in [-0.15, -0.1) is 0 Å². The maximum Gasteiger partial charge on any atom is 0.242 e. The van der Waals surface area contributed by atoms with Gasteiger partial charge in [-0.3, -0.25) is 4.79 Å². The average molecular weight is 305 g/mol. The lowest BCUT2D eigenvalue weighted by Crippen LogP contribution is -2.62. The third-order valence-corrected chi connectivity index (χ3v) is 4.08. The predicted molar refractivity (Wildman–Crippen MR) is 79.1 cm³/mol. The largest absolute Gasteiger partial charge is 0.328 e. The van der Waals surface area contributed by atoms with Crippen LogP contribution in [0.15, 0.2) is 48.5 Å². The SMILES string of the molecule is N[C@@H]1C(=O)N(Cc2ccc(F)cc2)[C@@H]1c1ccccc1Cl. The summed E-state index contributed by atoms with van der Waals surface area (Å²) in [5.74, 6) is -0.419. The minimum absolute atomic E-state index is 0.121. The van der Waals surface area contributed by atoms with Crippen molar-refractivity contribution in [1.82, 2.24) is 4.90 Å². The van der Waals surface area contributed by atoms with Gasteiger partial charge in [-0.2, -0.15) is 0 Å². The molecule has 2 atom stereocenters. The molecule has 0 unspecified atom stereocenters. The third-order valence-electron chi connectivity index (χ3n) is 3.73. The number of nitrogens with zero attached hydrogens (tertiary/aromatic N) is 1. The van der Waals surface area contributed by atoms with Gasteiger partial charge >= 0.3 is 0 Å². The number of β-lactam (4-membered cyclic amide) rings is 1. The molecule has 0 saturated carbocycles. The van der Waals surface area contributed by atoms with E-state index in [2.05, 4.69) is 0 Å². The molecule has 0 bridgehead atoms. The molecular formula is C16H14ClFN2O. The van der Waals surface area contributed by atoms with Crippen LogP contribution in [0.3, 0.4) is 0 Å². The number of rotatable bonds is 3.